The average molecular weight is 453 g/mol. The van der Waals surface area contributed by atoms with Crippen LogP contribution in [0.2, 0.25) is 0 Å². The van der Waals surface area contributed by atoms with E-state index in [2.05, 4.69) is 39.0 Å². The molecule has 4 heteroatoms. The minimum absolute atomic E-state index is 0.220. The third kappa shape index (κ3) is 4.12. The second-order valence-electron chi connectivity index (χ2n) is 12.7. The Morgan fingerprint density at radius 3 is 2.47 bits per heavy atom. The highest BCUT2D eigenvalue weighted by molar-refractivity contribution is 5.29. The molecular formula is C28H43F3O. The largest absolute Gasteiger partial charge is 0.391 e. The Kier molecular flexibility index (Phi) is 6.22. The first-order valence-corrected chi connectivity index (χ1v) is 12.9. The molecule has 2 fully saturated rings. The van der Waals surface area contributed by atoms with Crippen LogP contribution in [0, 0.1) is 46.3 Å². The van der Waals surface area contributed by atoms with Crippen molar-refractivity contribution in [2.45, 2.75) is 104 Å². The number of aliphatic hydroxyl groups is 1. The quantitative estimate of drug-likeness (QED) is 0.418. The molecule has 0 aromatic heterocycles. The van der Waals surface area contributed by atoms with Crippen LogP contribution in [0.15, 0.2) is 23.8 Å². The van der Waals surface area contributed by atoms with Crippen LogP contribution in [0.25, 0.3) is 0 Å². The van der Waals surface area contributed by atoms with E-state index in [0.717, 1.165) is 32.1 Å². The first-order valence-electron chi connectivity index (χ1n) is 12.9. The average Bonchev–Trinajstić information content (AvgIpc) is 3.05. The summed E-state index contributed by atoms with van der Waals surface area (Å²) in [5.74, 6) is 1.60. The van der Waals surface area contributed by atoms with Crippen molar-refractivity contribution >= 4 is 0 Å². The Labute approximate surface area is 192 Å². The van der Waals surface area contributed by atoms with Crippen LogP contribution in [0.5, 0.6) is 0 Å². The summed E-state index contributed by atoms with van der Waals surface area (Å²) in [5, 5.41) is 10.6. The lowest BCUT2D eigenvalue weighted by molar-refractivity contribution is -0.171. The Hall–Kier alpha value is -0.770. The van der Waals surface area contributed by atoms with Gasteiger partial charge in [-0.2, -0.15) is 13.2 Å². The van der Waals surface area contributed by atoms with E-state index in [1.165, 1.54) is 25.3 Å². The third-order valence-electron chi connectivity index (χ3n) is 10.4. The zero-order valence-electron chi connectivity index (χ0n) is 20.6. The minimum Gasteiger partial charge on any atom is -0.390 e. The summed E-state index contributed by atoms with van der Waals surface area (Å²) < 4.78 is 38.6. The number of hydrogen-bond acceptors (Lipinski definition) is 1. The lowest BCUT2D eigenvalue weighted by Crippen LogP contribution is -2.52. The van der Waals surface area contributed by atoms with Gasteiger partial charge in [0.05, 0.1) is 11.5 Å². The molecule has 32 heavy (non-hydrogen) atoms. The molecule has 0 spiro atoms. The highest BCUT2D eigenvalue weighted by atomic mass is 19.4. The van der Waals surface area contributed by atoms with Crippen molar-refractivity contribution in [3.8, 4) is 0 Å². The molecule has 1 nitrogen and oxygen atoms in total. The SMILES string of the molecule is C[C@H](CCC[C@@H](C)C(F)(F)F)[C@H]1C=C[C@H]2[C@@H]3CC=C4C[C@@](C)(O)CC[C@]4(C)[C@H]3CC[C@]12C. The molecule has 0 saturated heterocycles. The van der Waals surface area contributed by atoms with E-state index < -0.39 is 17.7 Å². The van der Waals surface area contributed by atoms with E-state index in [9.17, 15) is 18.3 Å². The molecule has 0 aliphatic heterocycles. The summed E-state index contributed by atoms with van der Waals surface area (Å²) in [7, 11) is 0. The second-order valence-corrected chi connectivity index (χ2v) is 12.7. The summed E-state index contributed by atoms with van der Waals surface area (Å²) in [6.07, 6.45) is 11.4. The van der Waals surface area contributed by atoms with Gasteiger partial charge in [-0.05, 0) is 92.3 Å². The molecule has 0 radical (unpaired) electrons. The fraction of sp³-hybridized carbons (Fsp3) is 0.857. The number of rotatable bonds is 5. The molecule has 0 aromatic rings. The molecule has 4 rings (SSSR count). The van der Waals surface area contributed by atoms with Gasteiger partial charge >= 0.3 is 6.18 Å². The van der Waals surface area contributed by atoms with Gasteiger partial charge in [0.1, 0.15) is 0 Å². The minimum atomic E-state index is -4.07. The fourth-order valence-corrected chi connectivity index (χ4v) is 8.23. The number of hydrogen-bond donors (Lipinski definition) is 1. The van der Waals surface area contributed by atoms with E-state index in [1.54, 1.807) is 0 Å². The summed E-state index contributed by atoms with van der Waals surface area (Å²) in [5.41, 5.74) is 1.39. The summed E-state index contributed by atoms with van der Waals surface area (Å²) in [6.45, 7) is 10.5. The van der Waals surface area contributed by atoms with Crippen molar-refractivity contribution in [2.75, 3.05) is 0 Å². The van der Waals surface area contributed by atoms with E-state index >= 15 is 0 Å². The predicted molar refractivity (Wildman–Crippen MR) is 124 cm³/mol. The fourth-order valence-electron chi connectivity index (χ4n) is 8.23. The molecule has 0 unspecified atom stereocenters. The molecule has 4 aliphatic carbocycles. The van der Waals surface area contributed by atoms with Gasteiger partial charge in [-0.15, -0.1) is 0 Å². The van der Waals surface area contributed by atoms with Crippen LogP contribution in [0.4, 0.5) is 13.2 Å². The molecule has 2 saturated carbocycles. The lowest BCUT2D eigenvalue weighted by Gasteiger charge is -2.59. The van der Waals surface area contributed by atoms with E-state index in [4.69, 9.17) is 0 Å². The van der Waals surface area contributed by atoms with Gasteiger partial charge < -0.3 is 5.11 Å². The van der Waals surface area contributed by atoms with Crippen LogP contribution in [-0.4, -0.2) is 16.9 Å². The Bertz CT molecular complexity index is 765. The first-order chi connectivity index (χ1) is 14.8. The number of fused-ring (bicyclic) bond motifs is 5. The van der Waals surface area contributed by atoms with E-state index in [1.807, 2.05) is 6.92 Å². The topological polar surface area (TPSA) is 20.2 Å². The molecule has 9 atom stereocenters. The molecule has 182 valence electrons. The smallest absolute Gasteiger partial charge is 0.390 e. The van der Waals surface area contributed by atoms with E-state index in [-0.39, 0.29) is 17.3 Å². The normalized spacial score (nSPS) is 45.5. The summed E-state index contributed by atoms with van der Waals surface area (Å²) >= 11 is 0. The van der Waals surface area contributed by atoms with Crippen LogP contribution in [0.3, 0.4) is 0 Å². The lowest BCUT2D eigenvalue weighted by atomic mass is 9.46. The summed E-state index contributed by atoms with van der Waals surface area (Å²) in [4.78, 5) is 0. The van der Waals surface area contributed by atoms with Crippen LogP contribution < -0.4 is 0 Å². The van der Waals surface area contributed by atoms with Gasteiger partial charge in [0.15, 0.2) is 0 Å². The third-order valence-corrected chi connectivity index (χ3v) is 10.4. The number of alkyl halides is 3. The molecular weight excluding hydrogens is 409 g/mol. The van der Waals surface area contributed by atoms with E-state index in [0.29, 0.717) is 36.0 Å². The van der Waals surface area contributed by atoms with Gasteiger partial charge in [0.2, 0.25) is 0 Å². The van der Waals surface area contributed by atoms with Crippen molar-refractivity contribution in [3.63, 3.8) is 0 Å². The van der Waals surface area contributed by atoms with Crippen molar-refractivity contribution in [2.24, 2.45) is 46.3 Å². The van der Waals surface area contributed by atoms with Crippen LogP contribution in [0.1, 0.15) is 92.4 Å². The molecule has 0 amide bonds. The monoisotopic (exact) mass is 452 g/mol. The maximum atomic E-state index is 12.9. The summed E-state index contributed by atoms with van der Waals surface area (Å²) in [6, 6.07) is 0. The standard InChI is InChI=1S/C28H43F3O/c1-18(7-6-8-19(2)28(29,30)31)22-11-12-23-21-10-9-20-17-25(3,32)15-16-26(20,4)24(21)13-14-27(22,23)5/h9,11-12,18-19,21-24,32H,6-8,10,13-17H2,1-5H3/t18-,19-,21+,22-,23+,24+,25+,26+,27-/m1/s1. The van der Waals surface area contributed by atoms with Crippen LogP contribution >= 0.6 is 0 Å². The predicted octanol–water partition coefficient (Wildman–Crippen LogP) is 8.10. The number of allylic oxidation sites excluding steroid dienone is 3. The maximum Gasteiger partial charge on any atom is 0.391 e. The van der Waals surface area contributed by atoms with Gasteiger partial charge in [-0.25, -0.2) is 0 Å². The Morgan fingerprint density at radius 1 is 1.06 bits per heavy atom. The molecule has 1 N–H and O–H groups in total. The van der Waals surface area contributed by atoms with Gasteiger partial charge in [-0.1, -0.05) is 64.3 Å². The second kappa shape index (κ2) is 8.17. The first kappa shape index (κ1) is 24.4. The van der Waals surface area contributed by atoms with Crippen molar-refractivity contribution < 1.29 is 18.3 Å². The van der Waals surface area contributed by atoms with Gasteiger partial charge in [-0.3, -0.25) is 0 Å². The maximum absolute atomic E-state index is 12.9. The highest BCUT2D eigenvalue weighted by Crippen LogP contribution is 2.66. The van der Waals surface area contributed by atoms with Crippen molar-refractivity contribution in [1.82, 2.24) is 0 Å². The van der Waals surface area contributed by atoms with Crippen LogP contribution in [-0.2, 0) is 0 Å². The zero-order valence-corrected chi connectivity index (χ0v) is 20.6. The molecule has 0 aromatic carbocycles. The zero-order chi connectivity index (χ0) is 23.5. The molecule has 4 aliphatic rings. The Balaban J connectivity index is 1.44. The van der Waals surface area contributed by atoms with Gasteiger partial charge in [0.25, 0.3) is 0 Å². The van der Waals surface area contributed by atoms with Gasteiger partial charge in [0, 0.05) is 0 Å². The molecule has 0 heterocycles. The Morgan fingerprint density at radius 2 is 1.78 bits per heavy atom. The number of halogens is 3. The molecule has 0 bridgehead atoms. The van der Waals surface area contributed by atoms with Crippen molar-refractivity contribution in [1.29, 1.82) is 0 Å². The van der Waals surface area contributed by atoms with Crippen molar-refractivity contribution in [3.05, 3.63) is 23.8 Å². The highest BCUT2D eigenvalue weighted by Gasteiger charge is 2.58.